The lowest BCUT2D eigenvalue weighted by Gasteiger charge is -2.19. The molecule has 3 aromatic rings. The minimum Gasteiger partial charge on any atom is -0.486 e. The average Bonchev–Trinajstić information content (AvgIpc) is 3.21. The molecule has 0 atom stereocenters. The van der Waals surface area contributed by atoms with E-state index in [-0.39, 0.29) is 11.4 Å². The molecule has 0 bridgehead atoms. The van der Waals surface area contributed by atoms with Gasteiger partial charge in [-0.05, 0) is 45.6 Å². The predicted molar refractivity (Wildman–Crippen MR) is 101 cm³/mol. The van der Waals surface area contributed by atoms with E-state index >= 15 is 0 Å². The van der Waals surface area contributed by atoms with Crippen molar-refractivity contribution in [1.82, 2.24) is 4.72 Å². The number of ether oxygens (including phenoxy) is 2. The summed E-state index contributed by atoms with van der Waals surface area (Å²) in [6, 6.07) is 14.5. The van der Waals surface area contributed by atoms with Gasteiger partial charge in [-0.25, -0.2) is 13.1 Å². The molecule has 0 fully saturated rings. The summed E-state index contributed by atoms with van der Waals surface area (Å²) in [6.07, 6.45) is 0. The van der Waals surface area contributed by atoms with Crippen LogP contribution in [0.25, 0.3) is 11.1 Å². The molecule has 0 amide bonds. The zero-order valence-electron chi connectivity index (χ0n) is 13.8. The lowest BCUT2D eigenvalue weighted by molar-refractivity contribution is 0.171. The first kappa shape index (κ1) is 17.1. The van der Waals surface area contributed by atoms with E-state index in [0.717, 1.165) is 16.7 Å². The van der Waals surface area contributed by atoms with Gasteiger partial charge in [0.05, 0.1) is 4.90 Å². The van der Waals surface area contributed by atoms with E-state index in [1.807, 2.05) is 41.1 Å². The van der Waals surface area contributed by atoms with Gasteiger partial charge in [0.25, 0.3) is 0 Å². The van der Waals surface area contributed by atoms with Crippen LogP contribution in [0, 0.1) is 0 Å². The molecule has 0 unspecified atom stereocenters. The fourth-order valence-corrected chi connectivity index (χ4v) is 4.50. The quantitative estimate of drug-likeness (QED) is 0.726. The summed E-state index contributed by atoms with van der Waals surface area (Å²) < 4.78 is 39.0. The van der Waals surface area contributed by atoms with Crippen LogP contribution in [0.5, 0.6) is 11.5 Å². The summed E-state index contributed by atoms with van der Waals surface area (Å²) in [7, 11) is -3.66. The summed E-state index contributed by atoms with van der Waals surface area (Å²) in [5.41, 5.74) is 3.04. The monoisotopic (exact) mass is 387 g/mol. The van der Waals surface area contributed by atoms with E-state index < -0.39 is 10.0 Å². The van der Waals surface area contributed by atoms with Crippen LogP contribution in [0.1, 0.15) is 5.56 Å². The Labute approximate surface area is 156 Å². The topological polar surface area (TPSA) is 64.6 Å². The summed E-state index contributed by atoms with van der Waals surface area (Å²) in [5.74, 6) is 1.02. The van der Waals surface area contributed by atoms with E-state index in [0.29, 0.717) is 24.7 Å². The van der Waals surface area contributed by atoms with Gasteiger partial charge in [0.15, 0.2) is 11.5 Å². The molecule has 0 saturated heterocycles. The minimum absolute atomic E-state index is 0.162. The summed E-state index contributed by atoms with van der Waals surface area (Å²) >= 11 is 1.61. The van der Waals surface area contributed by atoms with Crippen molar-refractivity contribution in [2.75, 3.05) is 13.2 Å². The van der Waals surface area contributed by atoms with E-state index in [1.54, 1.807) is 17.4 Å². The third-order valence-corrected chi connectivity index (χ3v) is 6.21. The van der Waals surface area contributed by atoms with Gasteiger partial charge >= 0.3 is 0 Å². The zero-order valence-corrected chi connectivity index (χ0v) is 15.5. The summed E-state index contributed by atoms with van der Waals surface area (Å²) in [6.45, 7) is 1.09. The van der Waals surface area contributed by atoms with Gasteiger partial charge in [0.2, 0.25) is 10.0 Å². The number of hydrogen-bond acceptors (Lipinski definition) is 5. The van der Waals surface area contributed by atoms with Crippen molar-refractivity contribution in [3.05, 3.63) is 64.9 Å². The van der Waals surface area contributed by atoms with Crippen LogP contribution in [0.3, 0.4) is 0 Å². The molecule has 134 valence electrons. The smallest absolute Gasteiger partial charge is 0.241 e. The van der Waals surface area contributed by atoms with Gasteiger partial charge in [-0.2, -0.15) is 11.3 Å². The molecule has 4 rings (SSSR count). The Kier molecular flexibility index (Phi) is 4.67. The molecule has 5 nitrogen and oxygen atoms in total. The second-order valence-electron chi connectivity index (χ2n) is 5.80. The molecule has 26 heavy (non-hydrogen) atoms. The highest BCUT2D eigenvalue weighted by atomic mass is 32.2. The fourth-order valence-electron chi connectivity index (χ4n) is 2.82. The number of rotatable bonds is 5. The maximum Gasteiger partial charge on any atom is 0.241 e. The number of thiophene rings is 1. The number of benzene rings is 2. The maximum absolute atomic E-state index is 12.7. The number of hydrogen-bond donors (Lipinski definition) is 1. The summed E-state index contributed by atoms with van der Waals surface area (Å²) in [5, 5.41) is 4.06. The average molecular weight is 387 g/mol. The van der Waals surface area contributed by atoms with Crippen molar-refractivity contribution in [3.63, 3.8) is 0 Å². The largest absolute Gasteiger partial charge is 0.486 e. The van der Waals surface area contributed by atoms with Gasteiger partial charge in [0, 0.05) is 12.6 Å². The van der Waals surface area contributed by atoms with Crippen LogP contribution in [0.4, 0.5) is 0 Å². The van der Waals surface area contributed by atoms with E-state index in [1.165, 1.54) is 12.1 Å². The molecule has 1 aliphatic rings. The Morgan fingerprint density at radius 2 is 1.81 bits per heavy atom. The zero-order chi connectivity index (χ0) is 18.0. The Morgan fingerprint density at radius 1 is 1.00 bits per heavy atom. The fraction of sp³-hybridized carbons (Fsp3) is 0.158. The van der Waals surface area contributed by atoms with Crippen molar-refractivity contribution >= 4 is 21.4 Å². The van der Waals surface area contributed by atoms with Crippen molar-refractivity contribution in [3.8, 4) is 22.6 Å². The SMILES string of the molecule is O=S(=O)(NCc1ccccc1-c1ccsc1)c1ccc2c(c1)OCCO2. The molecular weight excluding hydrogens is 370 g/mol. The first-order chi connectivity index (χ1) is 12.6. The molecule has 0 spiro atoms. The first-order valence-corrected chi connectivity index (χ1v) is 10.6. The van der Waals surface area contributed by atoms with Crippen LogP contribution in [0.2, 0.25) is 0 Å². The van der Waals surface area contributed by atoms with Crippen molar-refractivity contribution < 1.29 is 17.9 Å². The van der Waals surface area contributed by atoms with Gasteiger partial charge in [-0.1, -0.05) is 24.3 Å². The van der Waals surface area contributed by atoms with E-state index in [9.17, 15) is 8.42 Å². The van der Waals surface area contributed by atoms with Crippen LogP contribution in [0.15, 0.2) is 64.2 Å². The highest BCUT2D eigenvalue weighted by molar-refractivity contribution is 7.89. The second-order valence-corrected chi connectivity index (χ2v) is 8.35. The highest BCUT2D eigenvalue weighted by Gasteiger charge is 2.19. The lowest BCUT2D eigenvalue weighted by atomic mass is 10.0. The van der Waals surface area contributed by atoms with Crippen LogP contribution in [-0.4, -0.2) is 21.6 Å². The van der Waals surface area contributed by atoms with Crippen LogP contribution < -0.4 is 14.2 Å². The van der Waals surface area contributed by atoms with Crippen molar-refractivity contribution in [1.29, 1.82) is 0 Å². The minimum atomic E-state index is -3.66. The predicted octanol–water partition coefficient (Wildman–Crippen LogP) is 3.66. The third kappa shape index (κ3) is 3.46. The van der Waals surface area contributed by atoms with Gasteiger partial charge in [-0.15, -0.1) is 0 Å². The Bertz CT molecular complexity index is 1010. The highest BCUT2D eigenvalue weighted by Crippen LogP contribution is 2.32. The van der Waals surface area contributed by atoms with Gasteiger partial charge in [-0.3, -0.25) is 0 Å². The van der Waals surface area contributed by atoms with Crippen molar-refractivity contribution in [2.45, 2.75) is 11.4 Å². The number of sulfonamides is 1. The van der Waals surface area contributed by atoms with Gasteiger partial charge in [0.1, 0.15) is 13.2 Å². The third-order valence-electron chi connectivity index (χ3n) is 4.13. The number of fused-ring (bicyclic) bond motifs is 1. The molecule has 7 heteroatoms. The number of nitrogens with one attached hydrogen (secondary N) is 1. The normalized spacial score (nSPS) is 13.5. The van der Waals surface area contributed by atoms with Crippen LogP contribution in [-0.2, 0) is 16.6 Å². The molecule has 2 aromatic carbocycles. The molecule has 1 N–H and O–H groups in total. The molecule has 0 aliphatic carbocycles. The molecule has 1 aliphatic heterocycles. The molecule has 2 heterocycles. The van der Waals surface area contributed by atoms with E-state index in [2.05, 4.69) is 4.72 Å². The molecular formula is C19H17NO4S2. The molecule has 1 aromatic heterocycles. The molecule has 0 radical (unpaired) electrons. The van der Waals surface area contributed by atoms with E-state index in [4.69, 9.17) is 9.47 Å². The second kappa shape index (κ2) is 7.11. The van der Waals surface area contributed by atoms with Crippen LogP contribution >= 0.6 is 11.3 Å². The molecule has 0 saturated carbocycles. The standard InChI is InChI=1S/C19H17NO4S2/c21-26(22,16-5-6-18-19(11-16)24-9-8-23-18)20-12-14-3-1-2-4-17(14)15-7-10-25-13-15/h1-7,10-11,13,20H,8-9,12H2. The Hall–Kier alpha value is -2.35. The Balaban J connectivity index is 1.56. The maximum atomic E-state index is 12.7. The van der Waals surface area contributed by atoms with Gasteiger partial charge < -0.3 is 9.47 Å². The van der Waals surface area contributed by atoms with Crippen molar-refractivity contribution in [2.24, 2.45) is 0 Å². The lowest BCUT2D eigenvalue weighted by Crippen LogP contribution is -2.24. The first-order valence-electron chi connectivity index (χ1n) is 8.13. The Morgan fingerprint density at radius 3 is 2.62 bits per heavy atom. The summed E-state index contributed by atoms with van der Waals surface area (Å²) in [4.78, 5) is 0.162.